The van der Waals surface area contributed by atoms with Crippen LogP contribution >= 0.6 is 11.6 Å². The molecular weight excluding hydrogens is 250 g/mol. The fourth-order valence-electron chi connectivity index (χ4n) is 1.86. The van der Waals surface area contributed by atoms with Gasteiger partial charge in [0.2, 0.25) is 0 Å². The van der Waals surface area contributed by atoms with Gasteiger partial charge < -0.3 is 5.11 Å². The zero-order valence-electron chi connectivity index (χ0n) is 10.4. The zero-order valence-corrected chi connectivity index (χ0v) is 11.2. The highest BCUT2D eigenvalue weighted by Gasteiger charge is 2.14. The lowest BCUT2D eigenvalue weighted by Gasteiger charge is -2.13. The summed E-state index contributed by atoms with van der Waals surface area (Å²) in [7, 11) is 0. The van der Waals surface area contributed by atoms with Crippen LogP contribution in [0.4, 0.5) is 0 Å². The minimum absolute atomic E-state index is 0.231. The molecular formula is C13H16ClN3O. The van der Waals surface area contributed by atoms with Crippen molar-refractivity contribution in [1.29, 1.82) is 0 Å². The molecule has 5 heteroatoms. The van der Waals surface area contributed by atoms with E-state index in [0.29, 0.717) is 11.4 Å². The number of aliphatic hydroxyl groups is 1. The van der Waals surface area contributed by atoms with Gasteiger partial charge in [-0.25, -0.2) is 9.67 Å². The van der Waals surface area contributed by atoms with Gasteiger partial charge in [-0.05, 0) is 31.5 Å². The summed E-state index contributed by atoms with van der Waals surface area (Å²) < 4.78 is 1.81. The first-order valence-electron chi connectivity index (χ1n) is 5.90. The predicted octanol–water partition coefficient (Wildman–Crippen LogP) is 2.79. The number of aliphatic hydroxyl groups excluding tert-OH is 1. The Labute approximate surface area is 111 Å². The highest BCUT2D eigenvalue weighted by atomic mass is 35.5. The summed E-state index contributed by atoms with van der Waals surface area (Å²) in [6.45, 7) is 4.06. The molecule has 0 aliphatic carbocycles. The molecule has 18 heavy (non-hydrogen) atoms. The number of rotatable bonds is 4. The van der Waals surface area contributed by atoms with Crippen molar-refractivity contribution in [2.24, 2.45) is 0 Å². The highest BCUT2D eigenvalue weighted by molar-refractivity contribution is 6.30. The molecule has 1 heterocycles. The monoisotopic (exact) mass is 265 g/mol. The van der Waals surface area contributed by atoms with Crippen LogP contribution in [-0.4, -0.2) is 19.9 Å². The first-order chi connectivity index (χ1) is 8.58. The molecule has 0 radical (unpaired) electrons. The number of nitrogens with zero attached hydrogens (tertiary/aromatic N) is 3. The maximum atomic E-state index is 10.2. The van der Waals surface area contributed by atoms with Gasteiger partial charge in [0.1, 0.15) is 12.2 Å². The van der Waals surface area contributed by atoms with Crippen molar-refractivity contribution in [3.05, 3.63) is 47.0 Å². The third kappa shape index (κ3) is 2.89. The van der Waals surface area contributed by atoms with Gasteiger partial charge in [-0.1, -0.05) is 23.7 Å². The van der Waals surface area contributed by atoms with Crippen LogP contribution in [0.1, 0.15) is 37.4 Å². The van der Waals surface area contributed by atoms with Gasteiger partial charge in [-0.2, -0.15) is 5.10 Å². The smallest absolute Gasteiger partial charge is 0.138 e. The molecule has 2 rings (SSSR count). The van der Waals surface area contributed by atoms with E-state index in [1.807, 2.05) is 30.7 Å². The van der Waals surface area contributed by atoms with Crippen LogP contribution < -0.4 is 0 Å². The Balaban J connectivity index is 2.16. The molecule has 1 atom stereocenters. The summed E-state index contributed by atoms with van der Waals surface area (Å²) >= 11 is 5.91. The van der Waals surface area contributed by atoms with Gasteiger partial charge in [-0.3, -0.25) is 0 Å². The molecule has 1 unspecified atom stereocenters. The summed E-state index contributed by atoms with van der Waals surface area (Å²) in [6, 6.07) is 7.46. The fourth-order valence-corrected chi connectivity index (χ4v) is 2.05. The molecule has 0 amide bonds. The second kappa shape index (κ2) is 5.50. The van der Waals surface area contributed by atoms with Crippen LogP contribution in [0.3, 0.4) is 0 Å². The van der Waals surface area contributed by atoms with Crippen LogP contribution in [0, 0.1) is 0 Å². The van der Waals surface area contributed by atoms with E-state index < -0.39 is 6.10 Å². The van der Waals surface area contributed by atoms with Gasteiger partial charge in [0.05, 0.1) is 6.10 Å². The van der Waals surface area contributed by atoms with Crippen LogP contribution in [0.25, 0.3) is 0 Å². The van der Waals surface area contributed by atoms with E-state index in [1.165, 1.54) is 6.33 Å². The number of benzene rings is 1. The third-order valence-corrected chi connectivity index (χ3v) is 2.98. The topological polar surface area (TPSA) is 50.9 Å². The fraction of sp³-hybridized carbons (Fsp3) is 0.385. The Bertz CT molecular complexity index is 524. The molecule has 4 nitrogen and oxygen atoms in total. The maximum Gasteiger partial charge on any atom is 0.138 e. The van der Waals surface area contributed by atoms with Crippen molar-refractivity contribution in [3.63, 3.8) is 0 Å². The third-order valence-electron chi connectivity index (χ3n) is 2.75. The van der Waals surface area contributed by atoms with Gasteiger partial charge >= 0.3 is 0 Å². The van der Waals surface area contributed by atoms with Gasteiger partial charge in [0.15, 0.2) is 0 Å². The molecule has 0 bridgehead atoms. The van der Waals surface area contributed by atoms with E-state index in [2.05, 4.69) is 10.1 Å². The normalized spacial score (nSPS) is 12.9. The van der Waals surface area contributed by atoms with Gasteiger partial charge in [-0.15, -0.1) is 0 Å². The summed E-state index contributed by atoms with van der Waals surface area (Å²) in [5, 5.41) is 15.0. The average Bonchev–Trinajstić information content (AvgIpc) is 2.77. The molecule has 1 aromatic carbocycles. The Hall–Kier alpha value is -1.39. The zero-order chi connectivity index (χ0) is 13.1. The number of hydrogen-bond acceptors (Lipinski definition) is 3. The second-order valence-corrected chi connectivity index (χ2v) is 4.93. The summed E-state index contributed by atoms with van der Waals surface area (Å²) in [5.41, 5.74) is 0.792. The Kier molecular flexibility index (Phi) is 3.99. The van der Waals surface area contributed by atoms with Crippen LogP contribution in [0.15, 0.2) is 30.6 Å². The standard InChI is InChI=1S/C13H16ClN3O/c1-9(2)17-13(15-8-16-17)7-12(18)10-4-3-5-11(14)6-10/h3-6,8-9,12,18H,7H2,1-2H3. The molecule has 1 aromatic heterocycles. The molecule has 1 N–H and O–H groups in total. The molecule has 0 saturated heterocycles. The highest BCUT2D eigenvalue weighted by Crippen LogP contribution is 2.21. The minimum Gasteiger partial charge on any atom is -0.388 e. The summed E-state index contributed by atoms with van der Waals surface area (Å²) in [6.07, 6.45) is 1.32. The molecule has 96 valence electrons. The van der Waals surface area contributed by atoms with Crippen molar-refractivity contribution >= 4 is 11.6 Å². The maximum absolute atomic E-state index is 10.2. The Morgan fingerprint density at radius 2 is 2.17 bits per heavy atom. The van der Waals surface area contributed by atoms with Crippen molar-refractivity contribution < 1.29 is 5.11 Å². The van der Waals surface area contributed by atoms with Crippen LogP contribution in [0.2, 0.25) is 5.02 Å². The molecule has 0 saturated carbocycles. The van der Waals surface area contributed by atoms with E-state index in [0.717, 1.165) is 11.4 Å². The van der Waals surface area contributed by atoms with Crippen molar-refractivity contribution in [2.75, 3.05) is 0 Å². The van der Waals surface area contributed by atoms with E-state index in [1.54, 1.807) is 12.1 Å². The Morgan fingerprint density at radius 3 is 2.83 bits per heavy atom. The quantitative estimate of drug-likeness (QED) is 0.925. The van der Waals surface area contributed by atoms with E-state index in [9.17, 15) is 5.11 Å². The molecule has 2 aromatic rings. The largest absolute Gasteiger partial charge is 0.388 e. The summed E-state index contributed by atoms with van der Waals surface area (Å²) in [5.74, 6) is 0.775. The molecule has 0 aliphatic rings. The van der Waals surface area contributed by atoms with Crippen LogP contribution in [0.5, 0.6) is 0 Å². The molecule has 0 fully saturated rings. The molecule has 0 aliphatic heterocycles. The van der Waals surface area contributed by atoms with Crippen molar-refractivity contribution in [3.8, 4) is 0 Å². The second-order valence-electron chi connectivity index (χ2n) is 4.49. The number of hydrogen-bond donors (Lipinski definition) is 1. The lowest BCUT2D eigenvalue weighted by atomic mass is 10.1. The van der Waals surface area contributed by atoms with E-state index in [4.69, 9.17) is 11.6 Å². The lowest BCUT2D eigenvalue weighted by molar-refractivity contribution is 0.173. The first kappa shape index (κ1) is 13.1. The van der Waals surface area contributed by atoms with Gasteiger partial charge in [0.25, 0.3) is 0 Å². The van der Waals surface area contributed by atoms with E-state index in [-0.39, 0.29) is 6.04 Å². The first-order valence-corrected chi connectivity index (χ1v) is 6.27. The van der Waals surface area contributed by atoms with Crippen LogP contribution in [-0.2, 0) is 6.42 Å². The minimum atomic E-state index is -0.620. The van der Waals surface area contributed by atoms with E-state index >= 15 is 0 Å². The number of aromatic nitrogens is 3. The lowest BCUT2D eigenvalue weighted by Crippen LogP contribution is -2.12. The SMILES string of the molecule is CC(C)n1ncnc1CC(O)c1cccc(Cl)c1. The van der Waals surface area contributed by atoms with Crippen molar-refractivity contribution in [2.45, 2.75) is 32.4 Å². The van der Waals surface area contributed by atoms with Crippen molar-refractivity contribution in [1.82, 2.24) is 14.8 Å². The number of halogens is 1. The predicted molar refractivity (Wildman–Crippen MR) is 70.5 cm³/mol. The van der Waals surface area contributed by atoms with Gasteiger partial charge in [0, 0.05) is 17.5 Å². The average molecular weight is 266 g/mol. The summed E-state index contributed by atoms with van der Waals surface area (Å²) in [4.78, 5) is 4.18. The molecule has 0 spiro atoms. The Morgan fingerprint density at radius 1 is 1.39 bits per heavy atom.